The minimum Gasteiger partial charge on any atom is -0.490 e. The molecule has 5 nitrogen and oxygen atoms in total. The van der Waals surface area contributed by atoms with Crippen LogP contribution in [0.25, 0.3) is 10.9 Å². The van der Waals surface area contributed by atoms with Gasteiger partial charge in [-0.25, -0.2) is 0 Å². The third kappa shape index (κ3) is 4.38. The van der Waals surface area contributed by atoms with Crippen molar-refractivity contribution in [1.82, 2.24) is 15.5 Å². The molecule has 3 rings (SSSR count). The summed E-state index contributed by atoms with van der Waals surface area (Å²) in [5.41, 5.74) is 4.48. The van der Waals surface area contributed by atoms with Gasteiger partial charge < -0.3 is 15.2 Å². The second kappa shape index (κ2) is 8.14. The van der Waals surface area contributed by atoms with Crippen molar-refractivity contribution < 1.29 is 9.84 Å². The Balaban J connectivity index is 1.44. The van der Waals surface area contributed by atoms with Gasteiger partial charge in [0.1, 0.15) is 18.5 Å². The molecule has 3 N–H and O–H groups in total. The third-order valence-electron chi connectivity index (χ3n) is 4.38. The number of nitrogens with one attached hydrogen (secondary N) is 2. The highest BCUT2D eigenvalue weighted by molar-refractivity contribution is 5.87. The molecule has 5 heteroatoms. The lowest BCUT2D eigenvalue weighted by Gasteiger charge is -2.14. The van der Waals surface area contributed by atoms with E-state index in [2.05, 4.69) is 46.7 Å². The number of nitrogens with zero attached hydrogens (tertiary/aromatic N) is 1. The van der Waals surface area contributed by atoms with Crippen LogP contribution < -0.4 is 10.1 Å². The van der Waals surface area contributed by atoms with Gasteiger partial charge in [0, 0.05) is 6.54 Å². The van der Waals surface area contributed by atoms with Gasteiger partial charge in [0.05, 0.1) is 16.6 Å². The Labute approximate surface area is 148 Å². The lowest BCUT2D eigenvalue weighted by Crippen LogP contribution is -2.32. The Kier molecular flexibility index (Phi) is 5.68. The summed E-state index contributed by atoms with van der Waals surface area (Å²) >= 11 is 0. The van der Waals surface area contributed by atoms with Crippen molar-refractivity contribution in [2.24, 2.45) is 0 Å². The number of aromatic nitrogens is 2. The first-order valence-electron chi connectivity index (χ1n) is 8.65. The zero-order valence-corrected chi connectivity index (χ0v) is 14.7. The van der Waals surface area contributed by atoms with Gasteiger partial charge in [-0.15, -0.1) is 0 Å². The first kappa shape index (κ1) is 17.5. The summed E-state index contributed by atoms with van der Waals surface area (Å²) in [5, 5.41) is 21.6. The third-order valence-corrected chi connectivity index (χ3v) is 4.38. The van der Waals surface area contributed by atoms with E-state index < -0.39 is 6.10 Å². The number of H-pyrrole nitrogens is 1. The van der Waals surface area contributed by atoms with Crippen molar-refractivity contribution in [3.8, 4) is 5.75 Å². The maximum absolute atomic E-state index is 10.1. The van der Waals surface area contributed by atoms with Crippen molar-refractivity contribution in [1.29, 1.82) is 0 Å². The van der Waals surface area contributed by atoms with Crippen LogP contribution in [-0.2, 0) is 6.42 Å². The van der Waals surface area contributed by atoms with Crippen LogP contribution in [-0.4, -0.2) is 41.1 Å². The molecule has 25 heavy (non-hydrogen) atoms. The van der Waals surface area contributed by atoms with Crippen LogP contribution in [0.15, 0.2) is 42.5 Å². The molecule has 0 amide bonds. The molecule has 0 unspecified atom stereocenters. The Hall–Kier alpha value is -2.37. The monoisotopic (exact) mass is 339 g/mol. The fraction of sp³-hybridized carbons (Fsp3) is 0.350. The molecule has 1 aromatic heterocycles. The van der Waals surface area contributed by atoms with E-state index in [1.807, 2.05) is 25.1 Å². The SMILES string of the molecule is Cc1ccccc1CCNC[C@H](O)COc1cccc2[nH]nc(C)c12. The Morgan fingerprint density at radius 1 is 1.16 bits per heavy atom. The van der Waals surface area contributed by atoms with Gasteiger partial charge in [-0.3, -0.25) is 5.10 Å². The van der Waals surface area contributed by atoms with Crippen molar-refractivity contribution >= 4 is 10.9 Å². The van der Waals surface area contributed by atoms with Crippen LogP contribution in [0.5, 0.6) is 5.75 Å². The summed E-state index contributed by atoms with van der Waals surface area (Å²) in [6, 6.07) is 14.2. The fourth-order valence-corrected chi connectivity index (χ4v) is 2.94. The summed E-state index contributed by atoms with van der Waals surface area (Å²) in [6.45, 7) is 5.65. The molecule has 1 heterocycles. The van der Waals surface area contributed by atoms with E-state index in [0.717, 1.165) is 35.3 Å². The predicted molar refractivity (Wildman–Crippen MR) is 100 cm³/mol. The van der Waals surface area contributed by atoms with Gasteiger partial charge in [-0.2, -0.15) is 5.10 Å². The zero-order chi connectivity index (χ0) is 17.6. The Morgan fingerprint density at radius 3 is 2.84 bits per heavy atom. The van der Waals surface area contributed by atoms with E-state index in [4.69, 9.17) is 4.74 Å². The summed E-state index contributed by atoms with van der Waals surface area (Å²) in [6.07, 6.45) is 0.396. The summed E-state index contributed by atoms with van der Waals surface area (Å²) in [7, 11) is 0. The Morgan fingerprint density at radius 2 is 2.00 bits per heavy atom. The van der Waals surface area contributed by atoms with E-state index in [1.165, 1.54) is 11.1 Å². The highest BCUT2D eigenvalue weighted by Crippen LogP contribution is 2.26. The number of hydrogen-bond acceptors (Lipinski definition) is 4. The zero-order valence-electron chi connectivity index (χ0n) is 14.7. The van der Waals surface area contributed by atoms with Crippen LogP contribution in [0.4, 0.5) is 0 Å². The molecule has 0 spiro atoms. The van der Waals surface area contributed by atoms with E-state index in [9.17, 15) is 5.11 Å². The minimum atomic E-state index is -0.556. The maximum Gasteiger partial charge on any atom is 0.130 e. The molecule has 0 aliphatic carbocycles. The lowest BCUT2D eigenvalue weighted by atomic mass is 10.1. The molecule has 2 aromatic carbocycles. The molecule has 0 saturated heterocycles. The summed E-state index contributed by atoms with van der Waals surface area (Å²) in [5.74, 6) is 0.753. The number of fused-ring (bicyclic) bond motifs is 1. The van der Waals surface area contributed by atoms with E-state index in [0.29, 0.717) is 6.54 Å². The largest absolute Gasteiger partial charge is 0.490 e. The fourth-order valence-electron chi connectivity index (χ4n) is 2.94. The van der Waals surface area contributed by atoms with E-state index in [-0.39, 0.29) is 6.61 Å². The number of aliphatic hydroxyl groups is 1. The molecular weight excluding hydrogens is 314 g/mol. The molecule has 0 saturated carbocycles. The minimum absolute atomic E-state index is 0.251. The molecule has 0 bridgehead atoms. The molecule has 0 fully saturated rings. The first-order chi connectivity index (χ1) is 12.1. The van der Waals surface area contributed by atoms with Crippen LogP contribution in [0.2, 0.25) is 0 Å². The summed E-state index contributed by atoms with van der Waals surface area (Å²) < 4.78 is 5.80. The molecular formula is C20H25N3O2. The number of hydrogen-bond donors (Lipinski definition) is 3. The number of benzene rings is 2. The van der Waals surface area contributed by atoms with Crippen LogP contribution in [0, 0.1) is 13.8 Å². The Bertz CT molecular complexity index is 829. The normalized spacial score (nSPS) is 12.4. The van der Waals surface area contributed by atoms with Gasteiger partial charge in [-0.1, -0.05) is 30.3 Å². The van der Waals surface area contributed by atoms with Crippen molar-refractivity contribution in [3.05, 3.63) is 59.3 Å². The molecule has 1 atom stereocenters. The van der Waals surface area contributed by atoms with Crippen molar-refractivity contribution in [3.63, 3.8) is 0 Å². The maximum atomic E-state index is 10.1. The van der Waals surface area contributed by atoms with Gasteiger partial charge in [0.15, 0.2) is 0 Å². The van der Waals surface area contributed by atoms with E-state index >= 15 is 0 Å². The molecule has 0 aliphatic heterocycles. The molecule has 0 radical (unpaired) electrons. The van der Waals surface area contributed by atoms with Gasteiger partial charge >= 0.3 is 0 Å². The molecule has 0 aliphatic rings. The van der Waals surface area contributed by atoms with Gasteiger partial charge in [0.25, 0.3) is 0 Å². The van der Waals surface area contributed by atoms with E-state index in [1.54, 1.807) is 0 Å². The number of rotatable bonds is 8. The average molecular weight is 339 g/mol. The van der Waals surface area contributed by atoms with Gasteiger partial charge in [-0.05, 0) is 50.1 Å². The number of aromatic amines is 1. The summed E-state index contributed by atoms with van der Waals surface area (Å²) in [4.78, 5) is 0. The number of ether oxygens (including phenoxy) is 1. The van der Waals surface area contributed by atoms with Crippen LogP contribution in [0.3, 0.4) is 0 Å². The lowest BCUT2D eigenvalue weighted by molar-refractivity contribution is 0.107. The number of aryl methyl sites for hydroxylation is 2. The second-order valence-electron chi connectivity index (χ2n) is 6.33. The highest BCUT2D eigenvalue weighted by atomic mass is 16.5. The van der Waals surface area contributed by atoms with Crippen molar-refractivity contribution in [2.75, 3.05) is 19.7 Å². The predicted octanol–water partition coefficient (Wildman–Crippen LogP) is 2.75. The molecule has 3 aromatic rings. The quantitative estimate of drug-likeness (QED) is 0.552. The standard InChI is InChI=1S/C20H25N3O2/c1-14-6-3-4-7-16(14)10-11-21-12-17(24)13-25-19-9-5-8-18-20(19)15(2)22-23-18/h3-9,17,21,24H,10-13H2,1-2H3,(H,22,23)/t17-/m0/s1. The highest BCUT2D eigenvalue weighted by Gasteiger charge is 2.10. The smallest absolute Gasteiger partial charge is 0.130 e. The molecule has 132 valence electrons. The number of aliphatic hydroxyl groups excluding tert-OH is 1. The van der Waals surface area contributed by atoms with Crippen LogP contribution in [0.1, 0.15) is 16.8 Å². The average Bonchev–Trinajstić information content (AvgIpc) is 3.00. The topological polar surface area (TPSA) is 70.2 Å². The second-order valence-corrected chi connectivity index (χ2v) is 6.33. The van der Waals surface area contributed by atoms with Gasteiger partial charge in [0.2, 0.25) is 0 Å². The van der Waals surface area contributed by atoms with Crippen molar-refractivity contribution in [2.45, 2.75) is 26.4 Å². The first-order valence-corrected chi connectivity index (χ1v) is 8.65. The van der Waals surface area contributed by atoms with Crippen LogP contribution >= 0.6 is 0 Å².